The lowest BCUT2D eigenvalue weighted by molar-refractivity contribution is 0.627. The van der Waals surface area contributed by atoms with Gasteiger partial charge in [-0.1, -0.05) is 17.2 Å². The molecule has 1 aliphatic rings. The molecule has 0 atom stereocenters. The van der Waals surface area contributed by atoms with E-state index in [4.69, 9.17) is 0 Å². The van der Waals surface area contributed by atoms with Crippen LogP contribution in [0.5, 0.6) is 0 Å². The van der Waals surface area contributed by atoms with Crippen molar-refractivity contribution < 1.29 is 0 Å². The lowest BCUT2D eigenvalue weighted by atomic mass is 9.80. The van der Waals surface area contributed by atoms with E-state index in [2.05, 4.69) is 47.3 Å². The molecule has 0 saturated heterocycles. The molecule has 12 heavy (non-hydrogen) atoms. The first-order valence-corrected chi connectivity index (χ1v) is 4.45. The van der Waals surface area contributed by atoms with Gasteiger partial charge < -0.3 is 0 Å². The highest BCUT2D eigenvalue weighted by molar-refractivity contribution is 5.52. The summed E-state index contributed by atoms with van der Waals surface area (Å²) < 4.78 is 0. The molecule has 0 saturated carbocycles. The maximum absolute atomic E-state index is 3.92. The van der Waals surface area contributed by atoms with E-state index < -0.39 is 0 Å². The molecule has 0 heterocycles. The Morgan fingerprint density at radius 2 is 1.33 bits per heavy atom. The van der Waals surface area contributed by atoms with Crippen molar-refractivity contribution in [3.63, 3.8) is 0 Å². The van der Waals surface area contributed by atoms with E-state index in [1.807, 2.05) is 0 Å². The minimum atomic E-state index is 0.119. The molecule has 0 heteroatoms. The summed E-state index contributed by atoms with van der Waals surface area (Å²) in [5.74, 6) is 0. The highest BCUT2D eigenvalue weighted by Gasteiger charge is 2.32. The highest BCUT2D eigenvalue weighted by atomic mass is 14.4. The number of hydrogen-bond donors (Lipinski definition) is 0. The van der Waals surface area contributed by atoms with E-state index in [0.29, 0.717) is 0 Å². The highest BCUT2D eigenvalue weighted by Crippen LogP contribution is 2.46. The first-order valence-electron chi connectivity index (χ1n) is 4.45. The van der Waals surface area contributed by atoms with Crippen molar-refractivity contribution in [1.29, 1.82) is 0 Å². The van der Waals surface area contributed by atoms with Crippen molar-refractivity contribution in [1.82, 2.24) is 0 Å². The van der Waals surface area contributed by atoms with E-state index in [-0.39, 0.29) is 5.41 Å². The number of hydrogen-bond acceptors (Lipinski definition) is 0. The summed E-state index contributed by atoms with van der Waals surface area (Å²) in [6, 6.07) is 0. The van der Waals surface area contributed by atoms with Gasteiger partial charge in [0.05, 0.1) is 0 Å². The molecule has 0 fully saturated rings. The normalized spacial score (nSPS) is 22.1. The van der Waals surface area contributed by atoms with Gasteiger partial charge in [-0.2, -0.15) is 0 Å². The smallest absolute Gasteiger partial charge is 0.0275 e. The fraction of sp³-hybridized carbons (Fsp3) is 0.500. The summed E-state index contributed by atoms with van der Waals surface area (Å²) in [7, 11) is 0. The number of rotatable bonds is 1. The van der Waals surface area contributed by atoms with Gasteiger partial charge in [-0.25, -0.2) is 0 Å². The van der Waals surface area contributed by atoms with Gasteiger partial charge in [0.1, 0.15) is 0 Å². The molecule has 0 aliphatic heterocycles. The lowest BCUT2D eigenvalue weighted by Gasteiger charge is -2.24. The van der Waals surface area contributed by atoms with Gasteiger partial charge in [0.2, 0.25) is 0 Å². The topological polar surface area (TPSA) is 0 Å². The van der Waals surface area contributed by atoms with Crippen molar-refractivity contribution >= 4 is 0 Å². The molecule has 0 N–H and O–H groups in total. The van der Waals surface area contributed by atoms with Crippen LogP contribution in [0.2, 0.25) is 0 Å². The minimum Gasteiger partial charge on any atom is -0.102 e. The second-order valence-corrected chi connectivity index (χ2v) is 3.91. The van der Waals surface area contributed by atoms with Crippen molar-refractivity contribution in [3.05, 3.63) is 34.9 Å². The van der Waals surface area contributed by atoms with Crippen LogP contribution >= 0.6 is 0 Å². The van der Waals surface area contributed by atoms with Crippen molar-refractivity contribution in [3.8, 4) is 0 Å². The van der Waals surface area contributed by atoms with Crippen LogP contribution in [-0.4, -0.2) is 0 Å². The van der Waals surface area contributed by atoms with Gasteiger partial charge in [0.15, 0.2) is 0 Å². The van der Waals surface area contributed by atoms with Crippen molar-refractivity contribution in [2.75, 3.05) is 0 Å². The van der Waals surface area contributed by atoms with Gasteiger partial charge >= 0.3 is 0 Å². The largest absolute Gasteiger partial charge is 0.102 e. The fourth-order valence-electron chi connectivity index (χ4n) is 1.93. The predicted octanol–water partition coefficient (Wildman–Crippen LogP) is 3.87. The van der Waals surface area contributed by atoms with Crippen LogP contribution < -0.4 is 0 Å². The third-order valence-electron chi connectivity index (χ3n) is 3.65. The van der Waals surface area contributed by atoms with E-state index in [1.165, 1.54) is 22.3 Å². The van der Waals surface area contributed by atoms with Gasteiger partial charge in [-0.3, -0.25) is 0 Å². The molecule has 0 amide bonds. The monoisotopic (exact) mass is 162 g/mol. The van der Waals surface area contributed by atoms with Crippen molar-refractivity contribution in [2.24, 2.45) is 5.41 Å². The van der Waals surface area contributed by atoms with Gasteiger partial charge in [0, 0.05) is 5.41 Å². The Hall–Kier alpha value is -0.780. The predicted molar refractivity (Wildman–Crippen MR) is 55.1 cm³/mol. The average molecular weight is 162 g/mol. The molecule has 0 bridgehead atoms. The Morgan fingerprint density at radius 3 is 1.50 bits per heavy atom. The zero-order valence-electron chi connectivity index (χ0n) is 8.78. The quantitative estimate of drug-likeness (QED) is 0.513. The second kappa shape index (κ2) is 2.62. The Balaban J connectivity index is 3.35. The summed E-state index contributed by atoms with van der Waals surface area (Å²) in [5.41, 5.74) is 5.90. The van der Waals surface area contributed by atoms with Gasteiger partial charge in [-0.05, 0) is 45.8 Å². The maximum Gasteiger partial charge on any atom is 0.0275 e. The fourth-order valence-corrected chi connectivity index (χ4v) is 1.93. The van der Waals surface area contributed by atoms with E-state index in [1.54, 1.807) is 0 Å². The lowest BCUT2D eigenvalue weighted by Crippen LogP contribution is -2.13. The summed E-state index contributed by atoms with van der Waals surface area (Å²) >= 11 is 0. The van der Waals surface area contributed by atoms with Crippen LogP contribution in [0.1, 0.15) is 34.6 Å². The molecule has 1 aliphatic carbocycles. The van der Waals surface area contributed by atoms with Crippen LogP contribution in [0.3, 0.4) is 0 Å². The third-order valence-corrected chi connectivity index (χ3v) is 3.65. The average Bonchev–Trinajstić information content (AvgIpc) is 2.22. The molecule has 0 unspecified atom stereocenters. The molecule has 0 spiro atoms. The van der Waals surface area contributed by atoms with Crippen LogP contribution in [0.25, 0.3) is 0 Å². The van der Waals surface area contributed by atoms with E-state index in [9.17, 15) is 0 Å². The van der Waals surface area contributed by atoms with Crippen molar-refractivity contribution in [2.45, 2.75) is 34.6 Å². The molecule has 1 rings (SSSR count). The molecule has 0 aromatic carbocycles. The van der Waals surface area contributed by atoms with Crippen LogP contribution in [-0.2, 0) is 0 Å². The molecule has 0 aromatic heterocycles. The standard InChI is InChI=1S/C12H18/c1-7-12(6)10(4)8(2)9(3)11(12)5/h7H,1H2,2-6H3. The van der Waals surface area contributed by atoms with Crippen LogP contribution in [0.4, 0.5) is 0 Å². The van der Waals surface area contributed by atoms with Gasteiger partial charge in [-0.15, -0.1) is 6.58 Å². The van der Waals surface area contributed by atoms with Crippen LogP contribution in [0.15, 0.2) is 34.9 Å². The molecule has 66 valence electrons. The summed E-state index contributed by atoms with van der Waals surface area (Å²) in [6.07, 6.45) is 2.05. The summed E-state index contributed by atoms with van der Waals surface area (Å²) in [6.45, 7) is 15.0. The molecule has 0 radical (unpaired) electrons. The Kier molecular flexibility index (Phi) is 2.03. The Bertz CT molecular complexity index is 263. The number of allylic oxidation sites excluding steroid dienone is 5. The zero-order chi connectivity index (χ0) is 9.52. The van der Waals surface area contributed by atoms with Crippen LogP contribution in [0, 0.1) is 5.41 Å². The Morgan fingerprint density at radius 1 is 1.00 bits per heavy atom. The zero-order valence-corrected chi connectivity index (χ0v) is 8.78. The van der Waals surface area contributed by atoms with E-state index >= 15 is 0 Å². The molecular formula is C12H18. The third kappa shape index (κ3) is 0.906. The SMILES string of the molecule is C=CC1(C)C(C)=C(C)C(C)=C1C. The van der Waals surface area contributed by atoms with E-state index in [0.717, 1.165) is 0 Å². The minimum absolute atomic E-state index is 0.119. The second-order valence-electron chi connectivity index (χ2n) is 3.91. The molecular weight excluding hydrogens is 144 g/mol. The van der Waals surface area contributed by atoms with Gasteiger partial charge in [0.25, 0.3) is 0 Å². The first-order chi connectivity index (χ1) is 5.45. The summed E-state index contributed by atoms with van der Waals surface area (Å²) in [4.78, 5) is 0. The summed E-state index contributed by atoms with van der Waals surface area (Å²) in [5, 5.41) is 0. The molecule has 0 nitrogen and oxygen atoms in total. The molecule has 0 aromatic rings. The maximum atomic E-state index is 3.92. The first kappa shape index (κ1) is 9.31. The Labute approximate surface area is 75.7 Å².